The van der Waals surface area contributed by atoms with Gasteiger partial charge in [0.05, 0.1) is 25.7 Å². The first-order chi connectivity index (χ1) is 11.4. The summed E-state index contributed by atoms with van der Waals surface area (Å²) in [4.78, 5) is 0. The van der Waals surface area contributed by atoms with Crippen molar-refractivity contribution < 1.29 is 9.05 Å². The predicted octanol–water partition coefficient (Wildman–Crippen LogP) is 6.77. The molecule has 0 N–H and O–H groups in total. The third-order valence-electron chi connectivity index (χ3n) is 3.24. The minimum atomic E-state index is -1.14. The van der Waals surface area contributed by atoms with Crippen LogP contribution in [0.3, 0.4) is 0 Å². The number of nitriles is 1. The van der Waals surface area contributed by atoms with Crippen molar-refractivity contribution in [3.63, 3.8) is 0 Å². The van der Waals surface area contributed by atoms with E-state index in [0.29, 0.717) is 31.7 Å². The molecule has 0 radical (unpaired) electrons. The molecule has 0 amide bonds. The molecule has 4 nitrogen and oxygen atoms in total. The summed E-state index contributed by atoms with van der Waals surface area (Å²) < 4.78 is 14.5. The van der Waals surface area contributed by atoms with Crippen molar-refractivity contribution in [2.24, 2.45) is 10.8 Å². The van der Waals surface area contributed by atoms with Crippen LogP contribution >= 0.6 is 8.53 Å². The summed E-state index contributed by atoms with van der Waals surface area (Å²) in [5.41, 5.74) is 0.365. The summed E-state index contributed by atoms with van der Waals surface area (Å²) >= 11 is 0. The van der Waals surface area contributed by atoms with Gasteiger partial charge in [-0.25, -0.2) is 4.67 Å². The van der Waals surface area contributed by atoms with Gasteiger partial charge in [0.1, 0.15) is 0 Å². The first kappa shape index (κ1) is 27.0. The lowest BCUT2D eigenvalue weighted by Gasteiger charge is -2.38. The van der Waals surface area contributed by atoms with E-state index in [1.54, 1.807) is 0 Å². The highest BCUT2D eigenvalue weighted by atomic mass is 31.2. The fourth-order valence-corrected chi connectivity index (χ4v) is 4.83. The SMILES string of the molecule is CC.CC(C)N(C(C)C)P(OCCC#N)OCC(C)(C)CC(C)(C)C. The van der Waals surface area contributed by atoms with Crippen molar-refractivity contribution in [3.8, 4) is 6.07 Å². The van der Waals surface area contributed by atoms with Crippen LogP contribution in [0, 0.1) is 22.2 Å². The molecule has 0 saturated carbocycles. The first-order valence-electron chi connectivity index (χ1n) is 9.61. The van der Waals surface area contributed by atoms with Crippen molar-refractivity contribution >= 4 is 8.53 Å². The normalized spacial score (nSPS) is 13.6. The summed E-state index contributed by atoms with van der Waals surface area (Å²) in [7, 11) is -1.14. The Hall–Kier alpha value is -0.200. The van der Waals surface area contributed by atoms with E-state index in [4.69, 9.17) is 14.3 Å². The van der Waals surface area contributed by atoms with E-state index in [1.807, 2.05) is 13.8 Å². The van der Waals surface area contributed by atoms with E-state index in [-0.39, 0.29) is 10.8 Å². The third kappa shape index (κ3) is 13.6. The van der Waals surface area contributed by atoms with E-state index < -0.39 is 8.53 Å². The minimum absolute atomic E-state index is 0.0943. The standard InChI is InChI=1S/C18H37N2O2P.C2H6/c1-15(2)20(16(3)4)23(21-12-10-11-19)22-14-18(8,9)13-17(5,6)7;1-2/h15-16H,10,12-14H2,1-9H3;1-2H3. The van der Waals surface area contributed by atoms with Gasteiger partial charge in [0.2, 0.25) is 0 Å². The van der Waals surface area contributed by atoms with E-state index in [9.17, 15) is 0 Å². The quantitative estimate of drug-likeness (QED) is 0.313. The molecule has 0 spiro atoms. The van der Waals surface area contributed by atoms with Gasteiger partial charge in [0, 0.05) is 12.1 Å². The van der Waals surface area contributed by atoms with Crippen LogP contribution in [-0.4, -0.2) is 30.0 Å². The van der Waals surface area contributed by atoms with Gasteiger partial charge in [-0.1, -0.05) is 48.5 Å². The molecule has 0 bridgehead atoms. The molecule has 25 heavy (non-hydrogen) atoms. The number of hydrogen-bond donors (Lipinski definition) is 0. The lowest BCUT2D eigenvalue weighted by Crippen LogP contribution is -2.35. The van der Waals surface area contributed by atoms with Gasteiger partial charge < -0.3 is 9.05 Å². The topological polar surface area (TPSA) is 45.5 Å². The first-order valence-corrected chi connectivity index (χ1v) is 10.7. The maximum Gasteiger partial charge on any atom is 0.259 e. The molecule has 0 aromatic rings. The van der Waals surface area contributed by atoms with Gasteiger partial charge in [-0.3, -0.25) is 0 Å². The van der Waals surface area contributed by atoms with Crippen LogP contribution in [0.15, 0.2) is 0 Å². The van der Waals surface area contributed by atoms with E-state index in [0.717, 1.165) is 6.42 Å². The summed E-state index contributed by atoms with van der Waals surface area (Å²) in [6.45, 7) is 25.0. The van der Waals surface area contributed by atoms with Gasteiger partial charge in [0.15, 0.2) is 0 Å². The zero-order valence-electron chi connectivity index (χ0n) is 18.6. The molecular weight excluding hydrogens is 331 g/mol. The molecule has 0 fully saturated rings. The second-order valence-electron chi connectivity index (χ2n) is 8.72. The Balaban J connectivity index is 0. The summed E-state index contributed by atoms with van der Waals surface area (Å²) in [6.07, 6.45) is 1.49. The fraction of sp³-hybridized carbons (Fsp3) is 0.950. The molecule has 0 aromatic carbocycles. The van der Waals surface area contributed by atoms with Crippen LogP contribution in [0.4, 0.5) is 0 Å². The molecule has 1 atom stereocenters. The molecule has 0 heterocycles. The van der Waals surface area contributed by atoms with Crippen molar-refractivity contribution in [3.05, 3.63) is 0 Å². The van der Waals surface area contributed by atoms with Crippen molar-refractivity contribution in [2.45, 2.75) is 101 Å². The highest BCUT2D eigenvalue weighted by Gasteiger charge is 2.31. The maximum atomic E-state index is 8.75. The van der Waals surface area contributed by atoms with E-state index >= 15 is 0 Å². The van der Waals surface area contributed by atoms with Gasteiger partial charge in [0.25, 0.3) is 8.53 Å². The Morgan fingerprint density at radius 3 is 1.80 bits per heavy atom. The third-order valence-corrected chi connectivity index (χ3v) is 5.29. The molecule has 0 aliphatic rings. The Kier molecular flexibility index (Phi) is 14.1. The average Bonchev–Trinajstić information content (AvgIpc) is 2.43. The molecule has 0 saturated heterocycles. The highest BCUT2D eigenvalue weighted by molar-refractivity contribution is 7.44. The molecular formula is C20H43N2O2P. The van der Waals surface area contributed by atoms with Crippen LogP contribution < -0.4 is 0 Å². The van der Waals surface area contributed by atoms with E-state index in [1.165, 1.54) is 0 Å². The fourth-order valence-electron chi connectivity index (χ4n) is 3.03. The second kappa shape index (κ2) is 13.0. The van der Waals surface area contributed by atoms with Gasteiger partial charge in [-0.15, -0.1) is 0 Å². The molecule has 0 aliphatic carbocycles. The Morgan fingerprint density at radius 1 is 0.960 bits per heavy atom. The second-order valence-corrected chi connectivity index (χ2v) is 10.2. The van der Waals surface area contributed by atoms with Crippen molar-refractivity contribution in [1.82, 2.24) is 4.67 Å². The van der Waals surface area contributed by atoms with Gasteiger partial charge in [-0.05, 0) is 44.9 Å². The largest absolute Gasteiger partial charge is 0.321 e. The lowest BCUT2D eigenvalue weighted by atomic mass is 9.77. The zero-order chi connectivity index (χ0) is 20.3. The molecule has 0 rings (SSSR count). The summed E-state index contributed by atoms with van der Waals surface area (Å²) in [6, 6.07) is 2.82. The number of hydrogen-bond acceptors (Lipinski definition) is 4. The highest BCUT2D eigenvalue weighted by Crippen LogP contribution is 2.48. The summed E-state index contributed by atoms with van der Waals surface area (Å²) in [5, 5.41) is 8.75. The molecule has 1 unspecified atom stereocenters. The minimum Gasteiger partial charge on any atom is -0.321 e. The van der Waals surface area contributed by atoms with Gasteiger partial charge in [-0.2, -0.15) is 5.26 Å². The predicted molar refractivity (Wildman–Crippen MR) is 110 cm³/mol. The summed E-state index contributed by atoms with van der Waals surface area (Å²) in [5.74, 6) is 0. The number of rotatable bonds is 10. The van der Waals surface area contributed by atoms with Gasteiger partial charge >= 0.3 is 0 Å². The Bertz CT molecular complexity index is 363. The van der Waals surface area contributed by atoms with Crippen LogP contribution in [-0.2, 0) is 9.05 Å². The monoisotopic (exact) mass is 374 g/mol. The molecule has 5 heteroatoms. The number of nitrogens with zero attached hydrogens (tertiary/aromatic N) is 2. The zero-order valence-corrected chi connectivity index (χ0v) is 19.5. The molecule has 0 aliphatic heterocycles. The van der Waals surface area contributed by atoms with Crippen LogP contribution in [0.2, 0.25) is 0 Å². The van der Waals surface area contributed by atoms with Crippen molar-refractivity contribution in [1.29, 1.82) is 5.26 Å². The lowest BCUT2D eigenvalue weighted by molar-refractivity contribution is 0.0988. The smallest absolute Gasteiger partial charge is 0.259 e. The molecule has 0 aromatic heterocycles. The molecule has 150 valence electrons. The average molecular weight is 375 g/mol. The van der Waals surface area contributed by atoms with Crippen LogP contribution in [0.25, 0.3) is 0 Å². The van der Waals surface area contributed by atoms with E-state index in [2.05, 4.69) is 73.1 Å². The maximum absolute atomic E-state index is 8.75. The Labute approximate surface area is 159 Å². The van der Waals surface area contributed by atoms with Crippen molar-refractivity contribution in [2.75, 3.05) is 13.2 Å². The van der Waals surface area contributed by atoms with Crippen LogP contribution in [0.1, 0.15) is 89.0 Å². The Morgan fingerprint density at radius 2 is 1.44 bits per heavy atom. The van der Waals surface area contributed by atoms with Crippen LogP contribution in [0.5, 0.6) is 0 Å².